The number of allylic oxidation sites excluding steroid dienone is 1. The number of nitrogens with zero attached hydrogens (tertiary/aromatic N) is 2. The van der Waals surface area contributed by atoms with Crippen molar-refractivity contribution in [2.24, 2.45) is 17.8 Å². The minimum atomic E-state index is -3.05. The van der Waals surface area contributed by atoms with E-state index in [1.165, 1.54) is 11.1 Å². The maximum atomic E-state index is 13.9. The van der Waals surface area contributed by atoms with Crippen molar-refractivity contribution in [3.63, 3.8) is 0 Å². The van der Waals surface area contributed by atoms with E-state index in [9.17, 15) is 18.9 Å². The van der Waals surface area contributed by atoms with Gasteiger partial charge < -0.3 is 24.4 Å². The molecule has 8 atom stereocenters. The summed E-state index contributed by atoms with van der Waals surface area (Å²) in [6.45, 7) is 6.31. The number of halogens is 1. The fourth-order valence-corrected chi connectivity index (χ4v) is 10.4. The summed E-state index contributed by atoms with van der Waals surface area (Å²) in [5, 5.41) is 12.9. The predicted molar refractivity (Wildman–Crippen MR) is 194 cm³/mol. The molecule has 0 aromatic heterocycles. The summed E-state index contributed by atoms with van der Waals surface area (Å²) in [6, 6.07) is 11.6. The zero-order valence-electron chi connectivity index (χ0n) is 28.7. The number of aliphatic hydroxyl groups is 1. The molecule has 264 valence electrons. The number of amides is 2. The van der Waals surface area contributed by atoms with Crippen molar-refractivity contribution in [3.05, 3.63) is 70.3 Å². The average molecular weight is 710 g/mol. The molecule has 1 saturated heterocycles. The van der Waals surface area contributed by atoms with Crippen LogP contribution in [0.25, 0.3) is 0 Å². The largest absolute Gasteiger partial charge is 0.490 e. The monoisotopic (exact) mass is 709 g/mol. The number of aryl methyl sites for hydroxylation is 1. The lowest BCUT2D eigenvalue weighted by atomic mass is 9.62. The van der Waals surface area contributed by atoms with Gasteiger partial charge in [0.05, 0.1) is 28.6 Å². The van der Waals surface area contributed by atoms with Gasteiger partial charge in [0.2, 0.25) is 0 Å². The Hall–Kier alpha value is -3.05. The zero-order valence-corrected chi connectivity index (χ0v) is 30.2. The summed E-state index contributed by atoms with van der Waals surface area (Å²) >= 11 is 6.45. The number of hydrogen-bond donors (Lipinski definition) is 2. The number of carbonyl (C=O) groups is 2. The van der Waals surface area contributed by atoms with Gasteiger partial charge in [-0.3, -0.25) is 14.3 Å². The molecule has 2 amide bonds. The van der Waals surface area contributed by atoms with Gasteiger partial charge in [0, 0.05) is 47.9 Å². The molecule has 49 heavy (non-hydrogen) atoms. The molecule has 9 nitrogen and oxygen atoms in total. The summed E-state index contributed by atoms with van der Waals surface area (Å²) in [6.07, 6.45) is 7.61. The number of anilines is 1. The quantitative estimate of drug-likeness (QED) is 0.325. The molecular weight excluding hydrogens is 662 g/mol. The van der Waals surface area contributed by atoms with Crippen molar-refractivity contribution >= 4 is 44.7 Å². The van der Waals surface area contributed by atoms with E-state index in [0.717, 1.165) is 42.8 Å². The van der Waals surface area contributed by atoms with E-state index < -0.39 is 32.6 Å². The number of morpholine rings is 1. The van der Waals surface area contributed by atoms with Crippen LogP contribution < -0.4 is 14.4 Å². The summed E-state index contributed by atoms with van der Waals surface area (Å²) in [5.74, 6) is 3.64. The van der Waals surface area contributed by atoms with Crippen LogP contribution in [0, 0.1) is 17.8 Å². The summed E-state index contributed by atoms with van der Waals surface area (Å²) in [7, 11) is -1.30. The van der Waals surface area contributed by atoms with Crippen molar-refractivity contribution < 1.29 is 28.4 Å². The first kappa shape index (κ1) is 34.4. The lowest BCUT2D eigenvalue weighted by molar-refractivity contribution is -0.185. The van der Waals surface area contributed by atoms with Crippen LogP contribution in [-0.2, 0) is 31.1 Å². The van der Waals surface area contributed by atoms with Gasteiger partial charge in [-0.25, -0.2) is 4.21 Å². The second-order valence-electron chi connectivity index (χ2n) is 15.1. The molecule has 5 aliphatic rings. The highest BCUT2D eigenvalue weighted by atomic mass is 35.5. The molecule has 3 aliphatic heterocycles. The van der Waals surface area contributed by atoms with Crippen LogP contribution in [0.1, 0.15) is 67.4 Å². The molecule has 11 heteroatoms. The zero-order chi connectivity index (χ0) is 34.7. The predicted octanol–water partition coefficient (Wildman–Crippen LogP) is 4.77. The number of benzene rings is 2. The van der Waals surface area contributed by atoms with Crippen molar-refractivity contribution in [2.75, 3.05) is 44.8 Å². The molecule has 2 bridgehead atoms. The molecule has 3 heterocycles. The second-order valence-corrected chi connectivity index (χ2v) is 17.9. The fourth-order valence-electron chi connectivity index (χ4n) is 8.71. The minimum absolute atomic E-state index is 0.0369. The Morgan fingerprint density at radius 1 is 1.14 bits per heavy atom. The van der Waals surface area contributed by atoms with E-state index in [4.69, 9.17) is 21.1 Å². The molecule has 2 aromatic carbocycles. The summed E-state index contributed by atoms with van der Waals surface area (Å²) < 4.78 is 29.4. The molecule has 2 fully saturated rings. The Kier molecular flexibility index (Phi) is 9.08. The van der Waals surface area contributed by atoms with E-state index >= 15 is 0 Å². The average Bonchev–Trinajstić information content (AvgIpc) is 3.20. The van der Waals surface area contributed by atoms with Crippen molar-refractivity contribution in [1.29, 1.82) is 0 Å². The third kappa shape index (κ3) is 6.17. The van der Waals surface area contributed by atoms with Crippen molar-refractivity contribution in [3.8, 4) is 5.75 Å². The number of nitrogens with one attached hydrogen (secondary N) is 1. The van der Waals surface area contributed by atoms with E-state index in [0.29, 0.717) is 50.6 Å². The number of carbonyl (C=O) groups excluding carboxylic acids is 2. The van der Waals surface area contributed by atoms with Crippen LogP contribution in [0.5, 0.6) is 5.75 Å². The Bertz CT molecular complexity index is 1780. The highest BCUT2D eigenvalue weighted by Gasteiger charge is 2.55. The van der Waals surface area contributed by atoms with E-state index in [-0.39, 0.29) is 29.1 Å². The van der Waals surface area contributed by atoms with Crippen LogP contribution in [-0.4, -0.2) is 88.8 Å². The standard InChI is InChI=1S/C38H48ClN3O6S/c1-24-7-5-16-38(45,34-36(44)41(3)17-18-47-34)31-12-9-28(31)21-42-22-37(15-6-8-26-19-29(39)11-13-30(26)37)23-48-33-14-10-27(20-32(33)42)35(43)40-49(4,46)25(24)2/h5,10-11,13-14,16,19-20,24-25,28,31,34,45H,4,6-9,12,15,17-18,21-23H2,1-3H3,(H,40,43,46)/b16-5+/t24-,25+,28-,31+,34-,37-,38+,49?/m0/s1. The van der Waals surface area contributed by atoms with Gasteiger partial charge in [0.25, 0.3) is 11.8 Å². The number of ether oxygens (including phenoxy) is 2. The van der Waals surface area contributed by atoms with Crippen LogP contribution in [0.3, 0.4) is 0 Å². The first-order valence-corrected chi connectivity index (χ1v) is 19.7. The van der Waals surface area contributed by atoms with Crippen molar-refractivity contribution in [1.82, 2.24) is 9.62 Å². The molecule has 2 aromatic rings. The van der Waals surface area contributed by atoms with Gasteiger partial charge in [0.15, 0.2) is 6.10 Å². The molecule has 0 radical (unpaired) electrons. The molecule has 7 rings (SSSR count). The maximum Gasteiger partial charge on any atom is 0.262 e. The van der Waals surface area contributed by atoms with Crippen LogP contribution in [0.2, 0.25) is 5.02 Å². The topological polar surface area (TPSA) is 108 Å². The first-order chi connectivity index (χ1) is 23.3. The highest BCUT2D eigenvalue weighted by Crippen LogP contribution is 2.49. The van der Waals surface area contributed by atoms with Gasteiger partial charge >= 0.3 is 0 Å². The maximum absolute atomic E-state index is 13.9. The van der Waals surface area contributed by atoms with Crippen LogP contribution in [0.15, 0.2) is 48.6 Å². The molecule has 1 saturated carbocycles. The van der Waals surface area contributed by atoms with E-state index in [1.807, 2.05) is 38.1 Å². The van der Waals surface area contributed by atoms with Gasteiger partial charge in [-0.05, 0) is 111 Å². The molecule has 2 N–H and O–H groups in total. The number of rotatable bonds is 1. The van der Waals surface area contributed by atoms with E-state index in [2.05, 4.69) is 27.6 Å². The molecule has 1 spiro atoms. The number of fused-ring (bicyclic) bond motifs is 4. The van der Waals surface area contributed by atoms with Gasteiger partial charge in [-0.15, -0.1) is 0 Å². The first-order valence-electron chi connectivity index (χ1n) is 17.6. The minimum Gasteiger partial charge on any atom is -0.490 e. The normalized spacial score (nSPS) is 37.2. The Balaban J connectivity index is 1.34. The van der Waals surface area contributed by atoms with Crippen LogP contribution in [0.4, 0.5) is 5.69 Å². The lowest BCUT2D eigenvalue weighted by Crippen LogP contribution is -2.63. The molecule has 2 aliphatic carbocycles. The smallest absolute Gasteiger partial charge is 0.262 e. The molecule has 1 unspecified atom stereocenters. The Morgan fingerprint density at radius 3 is 2.73 bits per heavy atom. The van der Waals surface area contributed by atoms with E-state index in [1.54, 1.807) is 24.1 Å². The van der Waals surface area contributed by atoms with Crippen LogP contribution >= 0.6 is 11.6 Å². The Morgan fingerprint density at radius 2 is 1.96 bits per heavy atom. The molecular formula is C38H48ClN3O6S. The third-order valence-corrected chi connectivity index (χ3v) is 14.5. The summed E-state index contributed by atoms with van der Waals surface area (Å²) in [4.78, 5) is 31.2. The van der Waals surface area contributed by atoms with Gasteiger partial charge in [-0.2, -0.15) is 0 Å². The second kappa shape index (κ2) is 12.9. The summed E-state index contributed by atoms with van der Waals surface area (Å²) in [5.41, 5.74) is 1.77. The Labute approximate surface area is 295 Å². The highest BCUT2D eigenvalue weighted by molar-refractivity contribution is 7.99. The number of hydrogen-bond acceptors (Lipinski definition) is 7. The third-order valence-electron chi connectivity index (χ3n) is 12.1. The fraction of sp³-hybridized carbons (Fsp3) is 0.553. The lowest BCUT2D eigenvalue weighted by Gasteiger charge is -2.51. The SMILES string of the molecule is C=S1(=O)NC(=O)c2ccc3c(c2)N(C[C@@H]2CC[C@H]2[C@@](O)([C@H]2OCCN(C)C2=O)/C=C/C[C@H](C)[C@H]1C)C[C@@]1(CCCc2cc(Cl)ccc21)CO3. The van der Waals surface area contributed by atoms with Crippen molar-refractivity contribution in [2.45, 2.75) is 74.7 Å². The van der Waals surface area contributed by atoms with Gasteiger partial charge in [-0.1, -0.05) is 36.7 Å². The van der Waals surface area contributed by atoms with Gasteiger partial charge in [0.1, 0.15) is 11.4 Å². The number of likely N-dealkylation sites (N-methyl/N-ethyl adjacent to an activating group) is 1.